The van der Waals surface area contributed by atoms with Crippen LogP contribution in [0.5, 0.6) is 0 Å². The van der Waals surface area contributed by atoms with E-state index in [4.69, 9.17) is 0 Å². The fourth-order valence-electron chi connectivity index (χ4n) is 3.67. The predicted octanol–water partition coefficient (Wildman–Crippen LogP) is 6.12. The molecule has 0 atom stereocenters. The van der Waals surface area contributed by atoms with Crippen LogP contribution in [0.3, 0.4) is 0 Å². The fraction of sp³-hybridized carbons (Fsp3) is 0.630. The van der Waals surface area contributed by atoms with Gasteiger partial charge in [-0.1, -0.05) is 52.4 Å². The molecule has 0 spiro atoms. The van der Waals surface area contributed by atoms with Crippen molar-refractivity contribution >= 4 is 0 Å². The predicted molar refractivity (Wildman–Crippen MR) is 132 cm³/mol. The summed E-state index contributed by atoms with van der Waals surface area (Å²) >= 11 is 0. The van der Waals surface area contributed by atoms with Gasteiger partial charge in [-0.05, 0) is 56.4 Å². The van der Waals surface area contributed by atoms with Crippen LogP contribution in [-0.2, 0) is 13.1 Å². The van der Waals surface area contributed by atoms with Crippen molar-refractivity contribution in [1.29, 1.82) is 0 Å². The van der Waals surface area contributed by atoms with Gasteiger partial charge in [0.15, 0.2) is 0 Å². The molecule has 31 heavy (non-hydrogen) atoms. The fourth-order valence-corrected chi connectivity index (χ4v) is 3.67. The molecule has 2 rings (SSSR count). The van der Waals surface area contributed by atoms with Crippen LogP contribution < -0.4 is 10.7 Å². The zero-order valence-electron chi connectivity index (χ0n) is 20.0. The highest BCUT2D eigenvalue weighted by atomic mass is 14.9. The Balaban J connectivity index is 1.60. The van der Waals surface area contributed by atoms with Crippen LogP contribution in [0.15, 0.2) is 59.0 Å². The van der Waals surface area contributed by atoms with Crippen molar-refractivity contribution in [3.8, 4) is 0 Å². The number of hydrogen-bond donors (Lipinski definition) is 0. The summed E-state index contributed by atoms with van der Waals surface area (Å²) in [5, 5.41) is 2.22. The maximum absolute atomic E-state index is 4.67. The molecule has 2 aromatic heterocycles. The summed E-state index contributed by atoms with van der Waals surface area (Å²) in [5.74, 6) is 0. The Labute approximate surface area is 189 Å². The van der Waals surface area contributed by atoms with Gasteiger partial charge in [-0.15, -0.1) is 0 Å². The molecule has 4 heteroatoms. The van der Waals surface area contributed by atoms with Gasteiger partial charge in [0, 0.05) is 51.0 Å². The monoisotopic (exact) mass is 424 g/mol. The Bertz CT molecular complexity index is 721. The van der Waals surface area contributed by atoms with E-state index in [9.17, 15) is 0 Å². The molecule has 2 heterocycles. The van der Waals surface area contributed by atoms with Crippen LogP contribution in [0.1, 0.15) is 84.5 Å². The third kappa shape index (κ3) is 11.8. The average molecular weight is 425 g/mol. The van der Waals surface area contributed by atoms with Gasteiger partial charge >= 0.3 is 0 Å². The molecular weight excluding hydrogens is 380 g/mol. The van der Waals surface area contributed by atoms with Crippen molar-refractivity contribution < 1.29 is 0 Å². The Hall–Kier alpha value is -2.10. The molecule has 0 aromatic carbocycles. The van der Waals surface area contributed by atoms with E-state index in [-0.39, 0.29) is 0 Å². The lowest BCUT2D eigenvalue weighted by molar-refractivity contribution is 0.542. The molecule has 0 bridgehead atoms. The van der Waals surface area contributed by atoms with Crippen LogP contribution in [0, 0.1) is 0 Å². The first kappa shape index (κ1) is 25.2. The van der Waals surface area contributed by atoms with E-state index in [1.807, 2.05) is 0 Å². The lowest BCUT2D eigenvalue weighted by atomic mass is 10.2. The largest absolute Gasteiger partial charge is 0.354 e. The highest BCUT2D eigenvalue weighted by Crippen LogP contribution is 2.02. The Kier molecular flexibility index (Phi) is 13.5. The van der Waals surface area contributed by atoms with Crippen molar-refractivity contribution in [3.63, 3.8) is 0 Å². The van der Waals surface area contributed by atoms with Gasteiger partial charge in [-0.25, -0.2) is 0 Å². The molecular formula is C27H44N4. The van der Waals surface area contributed by atoms with E-state index in [1.165, 1.54) is 70.6 Å². The van der Waals surface area contributed by atoms with Gasteiger partial charge in [0.1, 0.15) is 0 Å². The number of rotatable bonds is 16. The summed E-state index contributed by atoms with van der Waals surface area (Å²) < 4.78 is 4.56. The Morgan fingerprint density at radius 1 is 0.516 bits per heavy atom. The van der Waals surface area contributed by atoms with Crippen LogP contribution in [0.4, 0.5) is 0 Å². The standard InChI is InChI=1S/C27H44N4/c1-3-5-7-10-18-28-26-14-22-30(23-15-26)20-12-9-13-21-31-24-16-27(17-25-31)29-19-11-8-6-4-2/h14-17,22-25H,3-13,18-21H2,1-2H3. The third-order valence-electron chi connectivity index (χ3n) is 5.69. The van der Waals surface area contributed by atoms with Crippen LogP contribution >= 0.6 is 0 Å². The molecule has 2 aromatic rings. The highest BCUT2D eigenvalue weighted by molar-refractivity contribution is 4.94. The number of aromatic nitrogens is 2. The summed E-state index contributed by atoms with van der Waals surface area (Å²) in [6.07, 6.45) is 22.6. The summed E-state index contributed by atoms with van der Waals surface area (Å²) in [4.78, 5) is 9.35. The van der Waals surface area contributed by atoms with Gasteiger partial charge in [0.2, 0.25) is 0 Å². The number of aryl methyl sites for hydroxylation is 2. The van der Waals surface area contributed by atoms with Gasteiger partial charge in [0.25, 0.3) is 0 Å². The lowest BCUT2D eigenvalue weighted by Gasteiger charge is -2.08. The molecule has 0 radical (unpaired) electrons. The van der Waals surface area contributed by atoms with Crippen molar-refractivity contribution in [1.82, 2.24) is 9.13 Å². The van der Waals surface area contributed by atoms with Gasteiger partial charge in [0.05, 0.1) is 10.7 Å². The molecule has 0 aliphatic rings. The number of unbranched alkanes of at least 4 members (excludes halogenated alkanes) is 8. The minimum absolute atomic E-state index is 0.954. The quantitative estimate of drug-likeness (QED) is 0.291. The van der Waals surface area contributed by atoms with Crippen molar-refractivity contribution in [2.75, 3.05) is 13.1 Å². The third-order valence-corrected chi connectivity index (χ3v) is 5.69. The summed E-state index contributed by atoms with van der Waals surface area (Å²) in [5.41, 5.74) is 0. The first-order valence-electron chi connectivity index (χ1n) is 12.6. The maximum atomic E-state index is 4.67. The number of nitrogens with zero attached hydrogens (tertiary/aromatic N) is 4. The van der Waals surface area contributed by atoms with Gasteiger partial charge in [-0.3, -0.25) is 9.98 Å². The molecule has 4 nitrogen and oxygen atoms in total. The lowest BCUT2D eigenvalue weighted by Crippen LogP contribution is -2.08. The molecule has 172 valence electrons. The minimum Gasteiger partial charge on any atom is -0.354 e. The van der Waals surface area contributed by atoms with E-state index in [2.05, 4.69) is 82.0 Å². The highest BCUT2D eigenvalue weighted by Gasteiger charge is 1.94. The Morgan fingerprint density at radius 3 is 1.29 bits per heavy atom. The summed E-state index contributed by atoms with van der Waals surface area (Å²) in [7, 11) is 0. The smallest absolute Gasteiger partial charge is 0.0603 e. The average Bonchev–Trinajstić information content (AvgIpc) is 2.80. The van der Waals surface area contributed by atoms with Crippen molar-refractivity contribution in [3.05, 3.63) is 59.8 Å². The first-order valence-corrected chi connectivity index (χ1v) is 12.6. The maximum Gasteiger partial charge on any atom is 0.0603 e. The van der Waals surface area contributed by atoms with Crippen molar-refractivity contribution in [2.24, 2.45) is 9.98 Å². The molecule has 0 aliphatic carbocycles. The summed E-state index contributed by atoms with van der Waals surface area (Å²) in [6, 6.07) is 8.58. The van der Waals surface area contributed by atoms with Gasteiger partial charge < -0.3 is 9.13 Å². The minimum atomic E-state index is 0.954. The molecule has 0 aliphatic heterocycles. The van der Waals surface area contributed by atoms with Crippen LogP contribution in [0.2, 0.25) is 0 Å². The number of hydrogen-bond acceptors (Lipinski definition) is 2. The normalized spacial score (nSPS) is 10.9. The molecule has 0 N–H and O–H groups in total. The number of pyridine rings is 2. The van der Waals surface area contributed by atoms with Crippen LogP contribution in [0.25, 0.3) is 0 Å². The van der Waals surface area contributed by atoms with E-state index in [0.717, 1.165) is 36.9 Å². The zero-order valence-corrected chi connectivity index (χ0v) is 20.0. The van der Waals surface area contributed by atoms with Gasteiger partial charge in [-0.2, -0.15) is 0 Å². The van der Waals surface area contributed by atoms with E-state index < -0.39 is 0 Å². The topological polar surface area (TPSA) is 34.6 Å². The van der Waals surface area contributed by atoms with Crippen LogP contribution in [-0.4, -0.2) is 22.2 Å². The van der Waals surface area contributed by atoms with Crippen molar-refractivity contribution in [2.45, 2.75) is 97.6 Å². The second-order valence-corrected chi connectivity index (χ2v) is 8.53. The molecule has 0 saturated heterocycles. The molecule has 0 saturated carbocycles. The summed E-state index contributed by atoms with van der Waals surface area (Å²) in [6.45, 7) is 8.56. The van der Waals surface area contributed by atoms with E-state index in [1.54, 1.807) is 0 Å². The first-order chi connectivity index (χ1) is 15.3. The zero-order chi connectivity index (χ0) is 22.0. The van der Waals surface area contributed by atoms with E-state index >= 15 is 0 Å². The second kappa shape index (κ2) is 16.6. The SMILES string of the molecule is CCCCCCN=c1ccn(CCCCCn2ccc(=NCCCCCC)cc2)cc1. The molecule has 0 amide bonds. The molecule has 0 fully saturated rings. The second-order valence-electron chi connectivity index (χ2n) is 8.53. The molecule has 0 unspecified atom stereocenters. The van der Waals surface area contributed by atoms with E-state index in [0.29, 0.717) is 0 Å². The Morgan fingerprint density at radius 2 is 0.903 bits per heavy atom.